The minimum absolute atomic E-state index is 0.0319. The van der Waals surface area contributed by atoms with E-state index >= 15 is 0 Å². The Morgan fingerprint density at radius 1 is 0.971 bits per heavy atom. The number of piperidine rings is 1. The molecule has 0 radical (unpaired) electrons. The molecule has 3 aromatic carbocycles. The highest BCUT2D eigenvalue weighted by Crippen LogP contribution is 2.25. The van der Waals surface area contributed by atoms with Gasteiger partial charge in [0.15, 0.2) is 0 Å². The van der Waals surface area contributed by atoms with Gasteiger partial charge in [0.2, 0.25) is 0 Å². The molecule has 1 heterocycles. The van der Waals surface area contributed by atoms with Crippen LogP contribution in [0.3, 0.4) is 0 Å². The molecule has 1 saturated heterocycles. The first-order valence-corrected chi connectivity index (χ1v) is 11.6. The van der Waals surface area contributed by atoms with Gasteiger partial charge in [-0.2, -0.15) is 0 Å². The fraction of sp³-hybridized carbons (Fsp3) is 0.231. The van der Waals surface area contributed by atoms with Gasteiger partial charge >= 0.3 is 6.03 Å². The Labute approximate surface area is 203 Å². The van der Waals surface area contributed by atoms with Crippen LogP contribution in [0, 0.1) is 5.82 Å². The highest BCUT2D eigenvalue weighted by Gasteiger charge is 2.24. The van der Waals surface area contributed by atoms with Gasteiger partial charge in [-0.15, -0.1) is 0 Å². The number of rotatable bonds is 6. The smallest absolute Gasteiger partial charge is 0.319 e. The molecular formula is C26H26ClFN4O2. The topological polar surface area (TPSA) is 73.5 Å². The van der Waals surface area contributed by atoms with E-state index < -0.39 is 0 Å². The van der Waals surface area contributed by atoms with Gasteiger partial charge in [-0.25, -0.2) is 9.18 Å². The summed E-state index contributed by atoms with van der Waals surface area (Å²) in [5, 5.41) is 9.25. The molecule has 6 nitrogen and oxygen atoms in total. The van der Waals surface area contributed by atoms with Crippen LogP contribution >= 0.6 is 11.6 Å². The predicted octanol–water partition coefficient (Wildman–Crippen LogP) is 5.20. The van der Waals surface area contributed by atoms with E-state index in [2.05, 4.69) is 20.9 Å². The van der Waals surface area contributed by atoms with Gasteiger partial charge in [-0.3, -0.25) is 4.79 Å². The van der Waals surface area contributed by atoms with Crippen molar-refractivity contribution in [3.8, 4) is 0 Å². The fourth-order valence-electron chi connectivity index (χ4n) is 4.05. The van der Waals surface area contributed by atoms with Gasteiger partial charge in [-0.05, 0) is 60.9 Å². The SMILES string of the molecule is O=C(Nc1cccc(Cl)c1)NC1CCN(c2ccccc2C(=O)NCc2cccc(F)c2)CC1. The Bertz CT molecular complexity index is 1160. The molecule has 3 amide bonds. The molecule has 34 heavy (non-hydrogen) atoms. The molecule has 1 fully saturated rings. The van der Waals surface area contributed by atoms with Crippen LogP contribution in [0.5, 0.6) is 0 Å². The van der Waals surface area contributed by atoms with Gasteiger partial charge in [0.05, 0.1) is 5.56 Å². The van der Waals surface area contributed by atoms with Crippen molar-refractivity contribution >= 4 is 34.9 Å². The maximum Gasteiger partial charge on any atom is 0.319 e. The van der Waals surface area contributed by atoms with E-state index in [4.69, 9.17) is 11.6 Å². The number of nitrogens with zero attached hydrogens (tertiary/aromatic N) is 1. The third-order valence-electron chi connectivity index (χ3n) is 5.74. The average Bonchev–Trinajstić information content (AvgIpc) is 2.83. The van der Waals surface area contributed by atoms with Gasteiger partial charge in [-0.1, -0.05) is 41.9 Å². The first-order chi connectivity index (χ1) is 16.5. The van der Waals surface area contributed by atoms with Gasteiger partial charge < -0.3 is 20.9 Å². The van der Waals surface area contributed by atoms with Crippen molar-refractivity contribution in [2.45, 2.75) is 25.4 Å². The number of urea groups is 1. The lowest BCUT2D eigenvalue weighted by atomic mass is 10.0. The molecule has 4 rings (SSSR count). The summed E-state index contributed by atoms with van der Waals surface area (Å²) in [4.78, 5) is 27.4. The van der Waals surface area contributed by atoms with Crippen molar-refractivity contribution in [1.82, 2.24) is 10.6 Å². The number of carbonyl (C=O) groups is 2. The second-order valence-corrected chi connectivity index (χ2v) is 8.64. The summed E-state index contributed by atoms with van der Waals surface area (Å²) in [7, 11) is 0. The molecule has 176 valence electrons. The van der Waals surface area contributed by atoms with Crippen LogP contribution in [-0.2, 0) is 6.54 Å². The lowest BCUT2D eigenvalue weighted by Crippen LogP contribution is -2.46. The summed E-state index contributed by atoms with van der Waals surface area (Å²) >= 11 is 5.97. The van der Waals surface area contributed by atoms with Crippen molar-refractivity contribution in [3.05, 3.63) is 94.8 Å². The summed E-state index contributed by atoms with van der Waals surface area (Å²) in [6, 6.07) is 20.4. The summed E-state index contributed by atoms with van der Waals surface area (Å²) < 4.78 is 13.4. The molecular weight excluding hydrogens is 455 g/mol. The summed E-state index contributed by atoms with van der Waals surface area (Å²) in [6.07, 6.45) is 1.50. The Balaban J connectivity index is 1.32. The van der Waals surface area contributed by atoms with E-state index in [0.29, 0.717) is 34.9 Å². The normalized spacial score (nSPS) is 13.9. The maximum absolute atomic E-state index is 13.4. The third-order valence-corrected chi connectivity index (χ3v) is 5.98. The van der Waals surface area contributed by atoms with E-state index in [9.17, 15) is 14.0 Å². The summed E-state index contributed by atoms with van der Waals surface area (Å²) in [5.74, 6) is -0.536. The molecule has 8 heteroatoms. The van der Waals surface area contributed by atoms with E-state index in [0.717, 1.165) is 18.5 Å². The van der Waals surface area contributed by atoms with Crippen LogP contribution in [0.15, 0.2) is 72.8 Å². The lowest BCUT2D eigenvalue weighted by molar-refractivity contribution is 0.0951. The molecule has 0 spiro atoms. The van der Waals surface area contributed by atoms with Gasteiger partial charge in [0, 0.05) is 42.1 Å². The molecule has 1 aliphatic heterocycles. The zero-order chi connectivity index (χ0) is 23.9. The number of carbonyl (C=O) groups excluding carboxylic acids is 2. The molecule has 1 aliphatic rings. The first-order valence-electron chi connectivity index (χ1n) is 11.2. The molecule has 0 aliphatic carbocycles. The fourth-order valence-corrected chi connectivity index (χ4v) is 4.24. The maximum atomic E-state index is 13.4. The Morgan fingerprint density at radius 3 is 2.50 bits per heavy atom. The minimum Gasteiger partial charge on any atom is -0.371 e. The van der Waals surface area contributed by atoms with Crippen molar-refractivity contribution in [1.29, 1.82) is 0 Å². The molecule has 0 unspecified atom stereocenters. The highest BCUT2D eigenvalue weighted by molar-refractivity contribution is 6.30. The summed E-state index contributed by atoms with van der Waals surface area (Å²) in [5.41, 5.74) is 2.76. The summed E-state index contributed by atoms with van der Waals surface area (Å²) in [6.45, 7) is 1.66. The average molecular weight is 481 g/mol. The quantitative estimate of drug-likeness (QED) is 0.454. The number of hydrogen-bond acceptors (Lipinski definition) is 3. The first kappa shape index (κ1) is 23.6. The number of hydrogen-bond donors (Lipinski definition) is 3. The molecule has 0 bridgehead atoms. The second-order valence-electron chi connectivity index (χ2n) is 8.20. The van der Waals surface area contributed by atoms with Crippen LogP contribution in [-0.4, -0.2) is 31.1 Å². The molecule has 3 aromatic rings. The number of anilines is 2. The number of amides is 3. The third kappa shape index (κ3) is 6.26. The zero-order valence-corrected chi connectivity index (χ0v) is 19.3. The second kappa shape index (κ2) is 11.0. The van der Waals surface area contributed by atoms with Gasteiger partial charge in [0.1, 0.15) is 5.82 Å². The number of para-hydroxylation sites is 1. The highest BCUT2D eigenvalue weighted by atomic mass is 35.5. The molecule has 0 saturated carbocycles. The molecule has 3 N–H and O–H groups in total. The number of benzene rings is 3. The van der Waals surface area contributed by atoms with Crippen LogP contribution in [0.2, 0.25) is 5.02 Å². The zero-order valence-electron chi connectivity index (χ0n) is 18.6. The Kier molecular flexibility index (Phi) is 7.65. The molecule has 0 atom stereocenters. The van der Waals surface area contributed by atoms with E-state index in [-0.39, 0.29) is 30.3 Å². The van der Waals surface area contributed by atoms with Crippen LogP contribution < -0.4 is 20.9 Å². The van der Waals surface area contributed by atoms with E-state index in [1.807, 2.05) is 18.2 Å². The van der Waals surface area contributed by atoms with Gasteiger partial charge in [0.25, 0.3) is 5.91 Å². The standard InChI is InChI=1S/C26H26ClFN4O2/c27-19-6-4-8-22(16-19)31-26(34)30-21-11-13-32(14-12-21)24-10-2-1-9-23(24)25(33)29-17-18-5-3-7-20(28)15-18/h1-10,15-16,21H,11-14,17H2,(H,29,33)(H2,30,31,34). The van der Waals surface area contributed by atoms with Crippen LogP contribution in [0.4, 0.5) is 20.6 Å². The van der Waals surface area contributed by atoms with Crippen molar-refractivity contribution in [3.63, 3.8) is 0 Å². The Hall–Kier alpha value is -3.58. The van der Waals surface area contributed by atoms with E-state index in [1.54, 1.807) is 42.5 Å². The molecule has 0 aromatic heterocycles. The van der Waals surface area contributed by atoms with Crippen LogP contribution in [0.25, 0.3) is 0 Å². The van der Waals surface area contributed by atoms with Crippen molar-refractivity contribution < 1.29 is 14.0 Å². The van der Waals surface area contributed by atoms with Crippen molar-refractivity contribution in [2.75, 3.05) is 23.3 Å². The predicted molar refractivity (Wildman–Crippen MR) is 133 cm³/mol. The lowest BCUT2D eigenvalue weighted by Gasteiger charge is -2.34. The van der Waals surface area contributed by atoms with Crippen LogP contribution in [0.1, 0.15) is 28.8 Å². The number of nitrogens with one attached hydrogen (secondary N) is 3. The largest absolute Gasteiger partial charge is 0.371 e. The van der Waals surface area contributed by atoms with E-state index in [1.165, 1.54) is 12.1 Å². The minimum atomic E-state index is -0.329. The Morgan fingerprint density at radius 2 is 1.74 bits per heavy atom. The monoisotopic (exact) mass is 480 g/mol. The van der Waals surface area contributed by atoms with Crippen molar-refractivity contribution in [2.24, 2.45) is 0 Å². The number of halogens is 2.